The van der Waals surface area contributed by atoms with Crippen molar-refractivity contribution in [2.24, 2.45) is 69.0 Å². The third-order valence-corrected chi connectivity index (χ3v) is 21.3. The molecule has 9 aliphatic rings. The summed E-state index contributed by atoms with van der Waals surface area (Å²) in [5.74, 6) is 6.22. The smallest absolute Gasteiger partial charge is 0.469 e. The van der Waals surface area contributed by atoms with Gasteiger partial charge in [0.1, 0.15) is 0 Å². The van der Waals surface area contributed by atoms with E-state index >= 15 is 0 Å². The number of hydrogen-bond donors (Lipinski definition) is 1. The van der Waals surface area contributed by atoms with Gasteiger partial charge in [-0.05, 0) is 231 Å². The van der Waals surface area contributed by atoms with Crippen LogP contribution in [-0.2, 0) is 28.5 Å². The zero-order chi connectivity index (χ0) is 46.9. The van der Waals surface area contributed by atoms with Gasteiger partial charge in [-0.3, -0.25) is 9.59 Å². The summed E-state index contributed by atoms with van der Waals surface area (Å²) in [5, 5.41) is 10.2. The SMILES string of the molecule is COC(=O)CCC/C=C(\C)[C@H]1CC[C@H]2[C@@H]3CC=C4C[C@@H](O)CC[C@]4(C)[C@H]3CC[C@]12C.COC(=O)CCC/C=C(\C)[C@H]1CC[C@H]2[C@@H]3CC=C4C[C@@H](OC5CCCCO5)CC[C@]4(C)[C@H]3CC[C@]12C.[H+]. The highest BCUT2D eigenvalue weighted by Crippen LogP contribution is 2.69. The van der Waals surface area contributed by atoms with Gasteiger partial charge in [0.05, 0.1) is 26.4 Å². The summed E-state index contributed by atoms with van der Waals surface area (Å²) in [6.07, 6.45) is 38.7. The Morgan fingerprint density at radius 1 is 0.667 bits per heavy atom. The number of esters is 2. The Morgan fingerprint density at radius 3 is 1.68 bits per heavy atom. The van der Waals surface area contributed by atoms with Crippen molar-refractivity contribution in [3.63, 3.8) is 0 Å². The second-order valence-corrected chi connectivity index (χ2v) is 24.4. The molecule has 7 heteroatoms. The summed E-state index contributed by atoms with van der Waals surface area (Å²) in [5.41, 5.74) is 7.98. The minimum absolute atomic E-state index is 0. The highest BCUT2D eigenvalue weighted by Gasteiger charge is 2.60. The van der Waals surface area contributed by atoms with Crippen LogP contribution in [0.2, 0.25) is 0 Å². The first-order valence-corrected chi connectivity index (χ1v) is 27.5. The fraction of sp³-hybridized carbons (Fsp3) is 0.831. The molecule has 0 spiro atoms. The molecule has 1 heterocycles. The number of ether oxygens (including phenoxy) is 4. The van der Waals surface area contributed by atoms with Crippen LogP contribution in [-0.4, -0.2) is 56.4 Å². The minimum Gasteiger partial charge on any atom is -0.469 e. The van der Waals surface area contributed by atoms with Gasteiger partial charge in [-0.25, -0.2) is 0 Å². The maximum atomic E-state index is 11.5. The van der Waals surface area contributed by atoms with E-state index in [1.807, 2.05) is 0 Å². The summed E-state index contributed by atoms with van der Waals surface area (Å²) in [6.45, 7) is 15.9. The normalized spacial score (nSPS) is 43.0. The number of hydrogen-bond acceptors (Lipinski definition) is 7. The van der Waals surface area contributed by atoms with Crippen LogP contribution in [0.25, 0.3) is 0 Å². The van der Waals surface area contributed by atoms with Crippen molar-refractivity contribution in [2.45, 2.75) is 221 Å². The fourth-order valence-electron chi connectivity index (χ4n) is 17.6. The van der Waals surface area contributed by atoms with Crippen LogP contribution in [0.5, 0.6) is 0 Å². The van der Waals surface area contributed by atoms with Crippen LogP contribution in [0.15, 0.2) is 46.6 Å². The molecule has 0 bridgehead atoms. The molecule has 0 aromatic rings. The second-order valence-electron chi connectivity index (χ2n) is 24.4. The summed E-state index contributed by atoms with van der Waals surface area (Å²) in [6, 6.07) is 0. The van der Waals surface area contributed by atoms with Gasteiger partial charge >= 0.3 is 13.4 Å². The average molecular weight is 914 g/mol. The lowest BCUT2D eigenvalue weighted by Crippen LogP contribution is -2.50. The number of carbonyl (C=O) groups excluding carboxylic acids is 2. The molecule has 15 atom stereocenters. The molecule has 370 valence electrons. The molecule has 0 radical (unpaired) electrons. The van der Waals surface area contributed by atoms with Gasteiger partial charge in [-0.15, -0.1) is 0 Å². The molecule has 9 rings (SSSR count). The molecule has 1 N–H and O–H groups in total. The number of carbonyl (C=O) groups is 2. The highest BCUT2D eigenvalue weighted by atomic mass is 16.7. The molecular weight excluding hydrogens is 821 g/mol. The van der Waals surface area contributed by atoms with Crippen LogP contribution in [0, 0.1) is 69.0 Å². The van der Waals surface area contributed by atoms with Crippen LogP contribution < -0.4 is 0 Å². The quantitative estimate of drug-likeness (QED) is 0.118. The molecule has 66 heavy (non-hydrogen) atoms. The maximum absolute atomic E-state index is 11.5. The number of allylic oxidation sites excluding steroid dienone is 6. The monoisotopic (exact) mass is 914 g/mol. The lowest BCUT2D eigenvalue weighted by Gasteiger charge is -2.58. The Labute approximate surface area is 402 Å². The number of unbranched alkanes of at least 4 members (excludes halogenated alkanes) is 2. The summed E-state index contributed by atoms with van der Waals surface area (Å²) in [7, 11) is 2.95. The van der Waals surface area contributed by atoms with Crippen LogP contribution in [0.3, 0.4) is 0 Å². The molecule has 6 saturated carbocycles. The fourth-order valence-corrected chi connectivity index (χ4v) is 17.6. The van der Waals surface area contributed by atoms with E-state index in [-0.39, 0.29) is 25.8 Å². The van der Waals surface area contributed by atoms with Crippen molar-refractivity contribution in [3.05, 3.63) is 46.6 Å². The largest absolute Gasteiger partial charge is 1.00 e. The first-order valence-electron chi connectivity index (χ1n) is 27.5. The predicted octanol–water partition coefficient (Wildman–Crippen LogP) is 14.1. The Kier molecular flexibility index (Phi) is 16.0. The van der Waals surface area contributed by atoms with Gasteiger partial charge in [-0.1, -0.05) is 74.3 Å². The first kappa shape index (κ1) is 50.2. The Bertz CT molecular complexity index is 1840. The van der Waals surface area contributed by atoms with Gasteiger partial charge < -0.3 is 24.1 Å². The van der Waals surface area contributed by atoms with Gasteiger partial charge in [0.15, 0.2) is 6.29 Å². The molecular formula is C59H93O7+. The lowest BCUT2D eigenvalue weighted by atomic mass is 9.47. The van der Waals surface area contributed by atoms with Crippen LogP contribution in [0.1, 0.15) is 203 Å². The zero-order valence-corrected chi connectivity index (χ0v) is 42.9. The Hall–Kier alpha value is -2.22. The topological polar surface area (TPSA) is 91.3 Å². The summed E-state index contributed by atoms with van der Waals surface area (Å²) in [4.78, 5) is 22.8. The molecule has 0 aromatic carbocycles. The molecule has 8 aliphatic carbocycles. The number of aliphatic hydroxyl groups is 1. The Balaban J connectivity index is 0.000000199. The van der Waals surface area contributed by atoms with Gasteiger partial charge in [0, 0.05) is 19.4 Å². The van der Waals surface area contributed by atoms with Gasteiger partial charge in [0.2, 0.25) is 0 Å². The van der Waals surface area contributed by atoms with Crippen molar-refractivity contribution in [1.82, 2.24) is 0 Å². The predicted molar refractivity (Wildman–Crippen MR) is 265 cm³/mol. The summed E-state index contributed by atoms with van der Waals surface area (Å²) < 4.78 is 21.9. The van der Waals surface area contributed by atoms with Crippen LogP contribution >= 0.6 is 0 Å². The van der Waals surface area contributed by atoms with E-state index < -0.39 is 0 Å². The first-order chi connectivity index (χ1) is 31.6. The Morgan fingerprint density at radius 2 is 1.18 bits per heavy atom. The molecule has 1 saturated heterocycles. The molecule has 0 amide bonds. The maximum Gasteiger partial charge on any atom is 1.00 e. The van der Waals surface area contributed by atoms with Crippen LogP contribution in [0.4, 0.5) is 0 Å². The standard InChI is InChI=1S/C32H50O4.C27H42O3/c1-22(9-5-6-10-29(33)34-4)26-14-15-27-25-13-12-23-21-24(36-30-11-7-8-20-35-30)16-18-31(23,2)28(25)17-19-32(26,27)3;1-18(7-5-6-8-25(29)30-4)22-11-12-23-21-10-9-19-17-20(28)13-15-26(19,2)24(21)14-16-27(22,23)3/h9,12,24-28,30H,5-8,10-11,13-21H2,1-4H3;7,9,20-24,28H,5-6,8,10-17H2,1-4H3/p+1/b22-9+;18-7+/t24-,25-,26+,27-,28-,30?,31-,32+;20-,21-,22+,23-,24-,26-,27+/m00/s1. The minimum atomic E-state index is -0.113. The van der Waals surface area contributed by atoms with E-state index in [9.17, 15) is 14.7 Å². The van der Waals surface area contributed by atoms with E-state index in [1.165, 1.54) is 111 Å². The van der Waals surface area contributed by atoms with E-state index in [1.54, 1.807) is 22.3 Å². The van der Waals surface area contributed by atoms with Crippen molar-refractivity contribution in [1.29, 1.82) is 0 Å². The van der Waals surface area contributed by atoms with E-state index in [2.05, 4.69) is 65.8 Å². The number of fused-ring (bicyclic) bond motifs is 10. The third-order valence-electron chi connectivity index (χ3n) is 21.3. The number of methoxy groups -OCH3 is 2. The van der Waals surface area contributed by atoms with E-state index in [0.29, 0.717) is 52.4 Å². The number of rotatable bonds is 12. The lowest BCUT2D eigenvalue weighted by molar-refractivity contribution is -0.195. The average Bonchev–Trinajstić information content (AvgIpc) is 3.86. The molecule has 7 nitrogen and oxygen atoms in total. The molecule has 1 unspecified atom stereocenters. The van der Waals surface area contributed by atoms with Crippen molar-refractivity contribution < 1.29 is 35.1 Å². The second kappa shape index (κ2) is 21.0. The van der Waals surface area contributed by atoms with Crippen molar-refractivity contribution in [2.75, 3.05) is 20.8 Å². The molecule has 1 aliphatic heterocycles. The zero-order valence-electron chi connectivity index (χ0n) is 43.9. The third kappa shape index (κ3) is 9.91. The van der Waals surface area contributed by atoms with Gasteiger partial charge in [0.25, 0.3) is 0 Å². The van der Waals surface area contributed by atoms with Gasteiger partial charge in [-0.2, -0.15) is 0 Å². The molecule has 0 aromatic heterocycles. The molecule has 7 fully saturated rings. The summed E-state index contributed by atoms with van der Waals surface area (Å²) >= 11 is 0. The highest BCUT2D eigenvalue weighted by molar-refractivity contribution is 5.69. The van der Waals surface area contributed by atoms with E-state index in [4.69, 9.17) is 18.9 Å². The van der Waals surface area contributed by atoms with Crippen molar-refractivity contribution >= 4 is 11.9 Å². The van der Waals surface area contributed by atoms with Crippen molar-refractivity contribution in [3.8, 4) is 0 Å². The van der Waals surface area contributed by atoms with E-state index in [0.717, 1.165) is 93.5 Å². The number of aliphatic hydroxyl groups excluding tert-OH is 1.